The standard InChI is InChI=1S/C15H16ClFN2/c1-19(10-12-4-2-3-5-15(12)18)9-11-6-7-13(16)14(17)8-11/h2-8H,9-10,18H2,1H3. The van der Waals surface area contributed by atoms with Gasteiger partial charge in [0, 0.05) is 18.8 Å². The number of benzene rings is 2. The first-order valence-electron chi connectivity index (χ1n) is 6.02. The van der Waals surface area contributed by atoms with Crippen molar-refractivity contribution >= 4 is 17.3 Å². The third kappa shape index (κ3) is 3.69. The third-order valence-electron chi connectivity index (χ3n) is 2.93. The van der Waals surface area contributed by atoms with Crippen molar-refractivity contribution in [1.29, 1.82) is 0 Å². The quantitative estimate of drug-likeness (QED) is 0.864. The monoisotopic (exact) mass is 278 g/mol. The molecule has 100 valence electrons. The molecule has 0 aromatic heterocycles. The van der Waals surface area contributed by atoms with Crippen LogP contribution in [0.5, 0.6) is 0 Å². The summed E-state index contributed by atoms with van der Waals surface area (Å²) < 4.78 is 13.4. The van der Waals surface area contributed by atoms with Crippen molar-refractivity contribution in [3.05, 3.63) is 64.4 Å². The zero-order chi connectivity index (χ0) is 13.8. The van der Waals surface area contributed by atoms with Gasteiger partial charge in [-0.1, -0.05) is 35.9 Å². The first kappa shape index (κ1) is 13.8. The van der Waals surface area contributed by atoms with E-state index in [9.17, 15) is 4.39 Å². The maximum atomic E-state index is 13.4. The van der Waals surface area contributed by atoms with E-state index in [1.165, 1.54) is 6.07 Å². The highest BCUT2D eigenvalue weighted by molar-refractivity contribution is 6.30. The minimum atomic E-state index is -0.383. The predicted molar refractivity (Wildman–Crippen MR) is 77.4 cm³/mol. The molecule has 0 saturated carbocycles. The predicted octanol–water partition coefficient (Wildman–Crippen LogP) is 3.69. The molecule has 4 heteroatoms. The van der Waals surface area contributed by atoms with Crippen molar-refractivity contribution in [2.75, 3.05) is 12.8 Å². The molecule has 2 aromatic carbocycles. The molecule has 2 aromatic rings. The number of para-hydroxylation sites is 1. The Hall–Kier alpha value is -1.58. The van der Waals surface area contributed by atoms with Gasteiger partial charge in [0.05, 0.1) is 5.02 Å². The number of hydrogen-bond acceptors (Lipinski definition) is 2. The van der Waals surface area contributed by atoms with Crippen molar-refractivity contribution in [2.45, 2.75) is 13.1 Å². The van der Waals surface area contributed by atoms with E-state index in [-0.39, 0.29) is 10.8 Å². The third-order valence-corrected chi connectivity index (χ3v) is 3.24. The average Bonchev–Trinajstić information content (AvgIpc) is 2.37. The van der Waals surface area contributed by atoms with Gasteiger partial charge in [0.2, 0.25) is 0 Å². The molecule has 2 rings (SSSR count). The van der Waals surface area contributed by atoms with Crippen LogP contribution in [0.1, 0.15) is 11.1 Å². The summed E-state index contributed by atoms with van der Waals surface area (Å²) in [4.78, 5) is 2.08. The minimum absolute atomic E-state index is 0.152. The van der Waals surface area contributed by atoms with Crippen LogP contribution in [0, 0.1) is 5.82 Å². The Morgan fingerprint density at radius 1 is 1.16 bits per heavy atom. The Bertz CT molecular complexity index is 572. The Labute approximate surface area is 117 Å². The van der Waals surface area contributed by atoms with E-state index in [1.54, 1.807) is 6.07 Å². The molecule has 19 heavy (non-hydrogen) atoms. The fourth-order valence-electron chi connectivity index (χ4n) is 1.97. The van der Waals surface area contributed by atoms with E-state index in [0.717, 1.165) is 23.4 Å². The number of rotatable bonds is 4. The fourth-order valence-corrected chi connectivity index (χ4v) is 2.09. The average molecular weight is 279 g/mol. The van der Waals surface area contributed by atoms with E-state index >= 15 is 0 Å². The highest BCUT2D eigenvalue weighted by Gasteiger charge is 2.06. The minimum Gasteiger partial charge on any atom is -0.398 e. The van der Waals surface area contributed by atoms with Crippen LogP contribution in [0.25, 0.3) is 0 Å². The molecular formula is C15H16ClFN2. The molecule has 0 aliphatic carbocycles. The van der Waals surface area contributed by atoms with E-state index in [1.807, 2.05) is 37.4 Å². The molecule has 2 N–H and O–H groups in total. The maximum Gasteiger partial charge on any atom is 0.142 e. The van der Waals surface area contributed by atoms with E-state index < -0.39 is 0 Å². The first-order valence-corrected chi connectivity index (χ1v) is 6.40. The highest BCUT2D eigenvalue weighted by Crippen LogP contribution is 2.18. The van der Waals surface area contributed by atoms with Gasteiger partial charge in [-0.25, -0.2) is 4.39 Å². The van der Waals surface area contributed by atoms with Gasteiger partial charge in [0.1, 0.15) is 5.82 Å². The van der Waals surface area contributed by atoms with Crippen LogP contribution in [-0.2, 0) is 13.1 Å². The first-order chi connectivity index (χ1) is 9.06. The lowest BCUT2D eigenvalue weighted by Gasteiger charge is -2.18. The Balaban J connectivity index is 2.03. The maximum absolute atomic E-state index is 13.4. The van der Waals surface area contributed by atoms with Crippen LogP contribution in [0.3, 0.4) is 0 Å². The molecule has 0 saturated heterocycles. The van der Waals surface area contributed by atoms with Crippen molar-refractivity contribution in [3.63, 3.8) is 0 Å². The van der Waals surface area contributed by atoms with Crippen LogP contribution in [0.4, 0.5) is 10.1 Å². The topological polar surface area (TPSA) is 29.3 Å². The summed E-state index contributed by atoms with van der Waals surface area (Å²) >= 11 is 5.66. The molecule has 0 amide bonds. The van der Waals surface area contributed by atoms with Gasteiger partial charge in [-0.2, -0.15) is 0 Å². The molecule has 0 unspecified atom stereocenters. The van der Waals surface area contributed by atoms with Gasteiger partial charge < -0.3 is 5.73 Å². The number of anilines is 1. The Kier molecular flexibility index (Phi) is 4.40. The largest absolute Gasteiger partial charge is 0.398 e. The second-order valence-electron chi connectivity index (χ2n) is 4.62. The Morgan fingerprint density at radius 2 is 1.89 bits per heavy atom. The van der Waals surface area contributed by atoms with E-state index in [0.29, 0.717) is 6.54 Å². The molecule has 0 spiro atoms. The van der Waals surface area contributed by atoms with Crippen LogP contribution in [-0.4, -0.2) is 11.9 Å². The van der Waals surface area contributed by atoms with Gasteiger partial charge >= 0.3 is 0 Å². The summed E-state index contributed by atoms with van der Waals surface area (Å²) in [6.45, 7) is 1.36. The SMILES string of the molecule is CN(Cc1ccc(Cl)c(F)c1)Cc1ccccc1N. The summed E-state index contributed by atoms with van der Waals surface area (Å²) in [7, 11) is 1.97. The zero-order valence-electron chi connectivity index (χ0n) is 10.7. The number of halogens is 2. The molecule has 0 atom stereocenters. The molecule has 0 fully saturated rings. The molecule has 0 aliphatic heterocycles. The lowest BCUT2D eigenvalue weighted by molar-refractivity contribution is 0.319. The Morgan fingerprint density at radius 3 is 2.58 bits per heavy atom. The summed E-state index contributed by atoms with van der Waals surface area (Å²) in [5.41, 5.74) is 8.63. The van der Waals surface area contributed by atoms with Gasteiger partial charge in [0.25, 0.3) is 0 Å². The highest BCUT2D eigenvalue weighted by atomic mass is 35.5. The molecule has 0 heterocycles. The molecule has 0 radical (unpaired) electrons. The van der Waals surface area contributed by atoms with Crippen molar-refractivity contribution < 1.29 is 4.39 Å². The zero-order valence-corrected chi connectivity index (χ0v) is 11.5. The summed E-state index contributed by atoms with van der Waals surface area (Å²) in [5.74, 6) is -0.383. The molecule has 0 aliphatic rings. The number of nitrogens with two attached hydrogens (primary N) is 1. The van der Waals surface area contributed by atoms with Gasteiger partial charge in [-0.15, -0.1) is 0 Å². The van der Waals surface area contributed by atoms with Crippen molar-refractivity contribution in [3.8, 4) is 0 Å². The lowest BCUT2D eigenvalue weighted by Crippen LogP contribution is -2.18. The van der Waals surface area contributed by atoms with Crippen LogP contribution >= 0.6 is 11.6 Å². The van der Waals surface area contributed by atoms with Crippen LogP contribution in [0.2, 0.25) is 5.02 Å². The molecule has 0 bridgehead atoms. The lowest BCUT2D eigenvalue weighted by atomic mass is 10.1. The smallest absolute Gasteiger partial charge is 0.142 e. The van der Waals surface area contributed by atoms with Gasteiger partial charge in [-0.05, 0) is 36.4 Å². The summed E-state index contributed by atoms with van der Waals surface area (Å²) in [6.07, 6.45) is 0. The number of hydrogen-bond donors (Lipinski definition) is 1. The van der Waals surface area contributed by atoms with E-state index in [4.69, 9.17) is 17.3 Å². The van der Waals surface area contributed by atoms with Crippen LogP contribution < -0.4 is 5.73 Å². The van der Waals surface area contributed by atoms with E-state index in [2.05, 4.69) is 4.90 Å². The fraction of sp³-hybridized carbons (Fsp3) is 0.200. The second kappa shape index (κ2) is 6.04. The summed E-state index contributed by atoms with van der Waals surface area (Å²) in [5, 5.41) is 0.152. The number of nitrogens with zero attached hydrogens (tertiary/aromatic N) is 1. The second-order valence-corrected chi connectivity index (χ2v) is 5.03. The van der Waals surface area contributed by atoms with Crippen molar-refractivity contribution in [1.82, 2.24) is 4.90 Å². The van der Waals surface area contributed by atoms with Crippen LogP contribution in [0.15, 0.2) is 42.5 Å². The van der Waals surface area contributed by atoms with Crippen molar-refractivity contribution in [2.24, 2.45) is 0 Å². The van der Waals surface area contributed by atoms with Gasteiger partial charge in [0.15, 0.2) is 0 Å². The number of nitrogen functional groups attached to an aromatic ring is 1. The summed E-state index contributed by atoms with van der Waals surface area (Å²) in [6, 6.07) is 12.6. The van der Waals surface area contributed by atoms with Gasteiger partial charge in [-0.3, -0.25) is 4.90 Å². The molecule has 2 nitrogen and oxygen atoms in total. The molecular weight excluding hydrogens is 263 g/mol. The normalized spacial score (nSPS) is 10.9.